The van der Waals surface area contributed by atoms with E-state index in [0.29, 0.717) is 43.8 Å². The van der Waals surface area contributed by atoms with E-state index in [1.54, 1.807) is 0 Å². The Hall–Kier alpha value is -1.85. The van der Waals surface area contributed by atoms with Gasteiger partial charge in [-0.3, -0.25) is 14.4 Å². The van der Waals surface area contributed by atoms with Crippen LogP contribution < -0.4 is 0 Å². The van der Waals surface area contributed by atoms with E-state index in [9.17, 15) is 14.4 Å². The summed E-state index contributed by atoms with van der Waals surface area (Å²) in [6, 6.07) is 0. The van der Waals surface area contributed by atoms with Crippen molar-refractivity contribution in [2.75, 3.05) is 13.2 Å². The highest BCUT2D eigenvalue weighted by Gasteiger charge is 2.51. The van der Waals surface area contributed by atoms with Crippen molar-refractivity contribution in [1.82, 2.24) is 0 Å². The number of esters is 3. The van der Waals surface area contributed by atoms with Gasteiger partial charge >= 0.3 is 17.9 Å². The average molecular weight is 799 g/mol. The highest BCUT2D eigenvalue weighted by Crippen LogP contribution is 2.60. The highest BCUT2D eigenvalue weighted by atomic mass is 16.5. The molecule has 1 atom stereocenters. The second-order valence-electron chi connectivity index (χ2n) is 19.3. The quantitative estimate of drug-likeness (QED) is 0.0270. The van der Waals surface area contributed by atoms with E-state index in [-0.39, 0.29) is 24.0 Å². The van der Waals surface area contributed by atoms with Gasteiger partial charge in [0.25, 0.3) is 0 Å². The van der Waals surface area contributed by atoms with Gasteiger partial charge in [-0.2, -0.15) is 0 Å². The summed E-state index contributed by atoms with van der Waals surface area (Å²) in [5, 5.41) is 0. The Kier molecular flexibility index (Phi) is 26.2. The van der Waals surface area contributed by atoms with Crippen LogP contribution in [0.15, 0.2) is 12.2 Å². The van der Waals surface area contributed by atoms with Crippen LogP contribution >= 0.6 is 0 Å². The molecule has 0 spiro atoms. The van der Waals surface area contributed by atoms with Crippen molar-refractivity contribution in [3.8, 4) is 0 Å². The molecule has 6 heteroatoms. The van der Waals surface area contributed by atoms with Crippen molar-refractivity contribution in [2.24, 2.45) is 29.1 Å². The second-order valence-corrected chi connectivity index (χ2v) is 19.3. The fraction of sp³-hybridized carbons (Fsp3) is 0.902. The molecule has 0 aliphatic heterocycles. The lowest BCUT2D eigenvalue weighted by Crippen LogP contribution is -2.48. The predicted molar refractivity (Wildman–Crippen MR) is 236 cm³/mol. The van der Waals surface area contributed by atoms with E-state index in [1.165, 1.54) is 108 Å². The van der Waals surface area contributed by atoms with Gasteiger partial charge in [-0.1, -0.05) is 136 Å². The summed E-state index contributed by atoms with van der Waals surface area (Å²) in [6.45, 7) is 12.0. The second kappa shape index (κ2) is 30.2. The summed E-state index contributed by atoms with van der Waals surface area (Å²) in [4.78, 5) is 37.8. The first-order valence-electron chi connectivity index (χ1n) is 24.9. The van der Waals surface area contributed by atoms with Crippen LogP contribution in [0.5, 0.6) is 0 Å². The summed E-state index contributed by atoms with van der Waals surface area (Å²) in [7, 11) is 0. The molecular formula is C51H90O6. The highest BCUT2D eigenvalue weighted by molar-refractivity contribution is 5.70. The van der Waals surface area contributed by atoms with Crippen LogP contribution in [0, 0.1) is 29.1 Å². The maximum absolute atomic E-state index is 12.7. The van der Waals surface area contributed by atoms with Crippen molar-refractivity contribution in [3.05, 3.63) is 12.2 Å². The molecule has 6 nitrogen and oxygen atoms in total. The van der Waals surface area contributed by atoms with Crippen molar-refractivity contribution in [2.45, 2.75) is 252 Å². The summed E-state index contributed by atoms with van der Waals surface area (Å²) >= 11 is 0. The van der Waals surface area contributed by atoms with Gasteiger partial charge in [-0.15, -0.1) is 0 Å². The third kappa shape index (κ3) is 22.4. The first kappa shape index (κ1) is 49.5. The van der Waals surface area contributed by atoms with Crippen molar-refractivity contribution in [3.63, 3.8) is 0 Å². The number of hydrogen-bond donors (Lipinski definition) is 0. The molecular weight excluding hydrogens is 709 g/mol. The maximum Gasteiger partial charge on any atom is 0.306 e. The number of unbranched alkanes of at least 4 members (excludes halogenated alkanes) is 14. The van der Waals surface area contributed by atoms with E-state index in [0.717, 1.165) is 120 Å². The minimum absolute atomic E-state index is 0.000428. The number of hydrogen-bond acceptors (Lipinski definition) is 6. The Bertz CT molecular complexity index is 1050. The largest absolute Gasteiger partial charge is 0.466 e. The molecule has 0 amide bonds. The van der Waals surface area contributed by atoms with Crippen molar-refractivity contribution < 1.29 is 28.6 Å². The standard InChI is InChI=1S/C51H90O6/c1-5-8-10-18-26-43(27-19-11-9-6-2)33-34-55-48(52)30-22-16-12-14-20-28-47(57-50(54)32-24-25-42(4)7-3)29-21-15-13-17-23-31-49(53)56-41-51-38-44-35-45(39-51)37-46(36-44)40-51/h43-47H,4-41H2,1-3H3. The third-order valence-corrected chi connectivity index (χ3v) is 13.9. The number of carbonyl (C=O) groups excluding carboxylic acids is 3. The predicted octanol–water partition coefficient (Wildman–Crippen LogP) is 14.7. The normalized spacial score (nSPS) is 21.5. The molecule has 57 heavy (non-hydrogen) atoms. The van der Waals surface area contributed by atoms with Crippen LogP contribution in [-0.2, 0) is 28.6 Å². The molecule has 0 radical (unpaired) electrons. The van der Waals surface area contributed by atoms with Gasteiger partial charge in [0.15, 0.2) is 0 Å². The van der Waals surface area contributed by atoms with Crippen LogP contribution in [0.3, 0.4) is 0 Å². The lowest BCUT2D eigenvalue weighted by Gasteiger charge is -2.56. The lowest BCUT2D eigenvalue weighted by molar-refractivity contribution is -0.155. The third-order valence-electron chi connectivity index (χ3n) is 13.9. The Labute approximate surface area is 351 Å². The molecule has 0 heterocycles. The molecule has 4 aliphatic rings. The van der Waals surface area contributed by atoms with Gasteiger partial charge in [0, 0.05) is 24.7 Å². The van der Waals surface area contributed by atoms with Crippen molar-refractivity contribution >= 4 is 17.9 Å². The fourth-order valence-electron chi connectivity index (χ4n) is 10.8. The molecule has 0 aromatic heterocycles. The zero-order valence-corrected chi connectivity index (χ0v) is 37.7. The lowest BCUT2D eigenvalue weighted by atomic mass is 9.50. The van der Waals surface area contributed by atoms with Crippen LogP contribution in [0.25, 0.3) is 0 Å². The average Bonchev–Trinajstić information content (AvgIpc) is 3.18. The van der Waals surface area contributed by atoms with Gasteiger partial charge in [0.05, 0.1) is 13.2 Å². The van der Waals surface area contributed by atoms with E-state index < -0.39 is 0 Å². The van der Waals surface area contributed by atoms with Gasteiger partial charge in [-0.05, 0) is 126 Å². The van der Waals surface area contributed by atoms with Gasteiger partial charge in [0.1, 0.15) is 6.10 Å². The molecule has 4 bridgehead atoms. The molecule has 0 aromatic rings. The van der Waals surface area contributed by atoms with Crippen LogP contribution in [-0.4, -0.2) is 37.2 Å². The first-order chi connectivity index (χ1) is 27.7. The zero-order valence-electron chi connectivity index (χ0n) is 37.7. The summed E-state index contributed by atoms with van der Waals surface area (Å²) in [5.74, 6) is 3.25. The van der Waals surface area contributed by atoms with Crippen LogP contribution in [0.1, 0.15) is 245 Å². The Morgan fingerprint density at radius 3 is 1.51 bits per heavy atom. The molecule has 4 aliphatic carbocycles. The molecule has 0 N–H and O–H groups in total. The molecule has 4 rings (SSSR count). The Balaban J connectivity index is 1.24. The molecule has 0 aromatic carbocycles. The van der Waals surface area contributed by atoms with Crippen molar-refractivity contribution in [1.29, 1.82) is 0 Å². The van der Waals surface area contributed by atoms with E-state index in [2.05, 4.69) is 27.4 Å². The monoisotopic (exact) mass is 799 g/mol. The van der Waals surface area contributed by atoms with Crippen LogP contribution in [0.2, 0.25) is 0 Å². The number of carbonyl (C=O) groups is 3. The molecule has 1 unspecified atom stereocenters. The summed E-state index contributed by atoms with van der Waals surface area (Å²) in [6.07, 6.45) is 38.5. The number of allylic oxidation sites excluding steroid dienone is 1. The first-order valence-corrected chi connectivity index (χ1v) is 24.9. The summed E-state index contributed by atoms with van der Waals surface area (Å²) < 4.78 is 17.6. The maximum atomic E-state index is 12.7. The van der Waals surface area contributed by atoms with E-state index >= 15 is 0 Å². The Morgan fingerprint density at radius 1 is 0.526 bits per heavy atom. The Morgan fingerprint density at radius 2 is 0.982 bits per heavy atom. The number of ether oxygens (including phenoxy) is 3. The number of rotatable bonds is 37. The minimum Gasteiger partial charge on any atom is -0.466 e. The molecule has 4 saturated carbocycles. The summed E-state index contributed by atoms with van der Waals surface area (Å²) in [5.41, 5.74) is 1.49. The SMILES string of the molecule is C=C(CC)CCCC(=O)OC(CCCCCCCC(=O)OCCC(CCCCCC)CCCCCC)CCCCCCCC(=O)OCC12CC3CC(CC(C3)C1)C2. The van der Waals surface area contributed by atoms with E-state index in [4.69, 9.17) is 14.2 Å². The molecule has 330 valence electrons. The zero-order chi connectivity index (χ0) is 41.0. The topological polar surface area (TPSA) is 78.9 Å². The fourth-order valence-corrected chi connectivity index (χ4v) is 10.8. The van der Waals surface area contributed by atoms with Crippen LogP contribution in [0.4, 0.5) is 0 Å². The van der Waals surface area contributed by atoms with Gasteiger partial charge in [-0.25, -0.2) is 0 Å². The molecule has 0 saturated heterocycles. The minimum atomic E-state index is -0.0752. The van der Waals surface area contributed by atoms with E-state index in [1.807, 2.05) is 0 Å². The smallest absolute Gasteiger partial charge is 0.306 e. The van der Waals surface area contributed by atoms with Gasteiger partial charge in [0.2, 0.25) is 0 Å². The molecule has 4 fully saturated rings. The van der Waals surface area contributed by atoms with Gasteiger partial charge < -0.3 is 14.2 Å².